The maximum atomic E-state index is 5.43. The Bertz CT molecular complexity index is 224. The summed E-state index contributed by atoms with van der Waals surface area (Å²) < 4.78 is 1.20. The van der Waals surface area contributed by atoms with Gasteiger partial charge in [0.25, 0.3) is 0 Å². The third-order valence-corrected chi connectivity index (χ3v) is 5.81. The molecule has 4 saturated carbocycles. The van der Waals surface area contributed by atoms with Crippen molar-refractivity contribution in [2.45, 2.75) is 38.5 Å². The summed E-state index contributed by atoms with van der Waals surface area (Å²) in [7, 11) is 0. The van der Waals surface area contributed by atoms with E-state index in [0.29, 0.717) is 5.41 Å². The number of hydrogen-bond donors (Lipinski definition) is 0. The molecular weight excluding hydrogens is 243 g/mol. The third-order valence-electron chi connectivity index (χ3n) is 4.47. The monoisotopic (exact) mass is 259 g/mol. The van der Waals surface area contributed by atoms with Crippen LogP contribution in [0.1, 0.15) is 38.5 Å². The van der Waals surface area contributed by atoms with Crippen LogP contribution in [0.2, 0.25) is 0 Å². The number of thiocarbonyl (C=S) groups is 1. The second kappa shape index (κ2) is 2.81. The van der Waals surface area contributed by atoms with Gasteiger partial charge in [0.1, 0.15) is 0 Å². The molecule has 4 aliphatic carbocycles. The van der Waals surface area contributed by atoms with E-state index in [1.165, 1.54) is 42.3 Å². The Morgan fingerprint density at radius 2 is 1.38 bits per heavy atom. The van der Waals surface area contributed by atoms with Gasteiger partial charge in [0.05, 0.1) is 0 Å². The minimum absolute atomic E-state index is 0.476. The summed E-state index contributed by atoms with van der Waals surface area (Å²) in [5.74, 6) is 3.08. The van der Waals surface area contributed by atoms with Gasteiger partial charge < -0.3 is 0 Å². The van der Waals surface area contributed by atoms with E-state index in [-0.39, 0.29) is 0 Å². The molecule has 4 bridgehead atoms. The molecule has 0 spiro atoms. The van der Waals surface area contributed by atoms with Crippen LogP contribution in [0, 0.1) is 23.2 Å². The molecule has 0 aliphatic heterocycles. The second-order valence-corrected chi connectivity index (χ2v) is 7.33. The number of hydrogen-bond acceptors (Lipinski definition) is 1. The van der Waals surface area contributed by atoms with E-state index in [2.05, 4.69) is 16.0 Å². The first-order valence-electron chi connectivity index (χ1n) is 5.39. The average molecular weight is 258 g/mol. The second-order valence-electron chi connectivity index (χ2n) is 5.49. The van der Waals surface area contributed by atoms with Crippen molar-refractivity contribution in [3.05, 3.63) is 0 Å². The van der Waals surface area contributed by atoms with E-state index in [1.54, 1.807) is 0 Å². The van der Waals surface area contributed by atoms with Crippen LogP contribution < -0.4 is 0 Å². The molecule has 0 aromatic rings. The Labute approximate surface area is 93.7 Å². The summed E-state index contributed by atoms with van der Waals surface area (Å²) in [5.41, 5.74) is 0.476. The number of rotatable bonds is 1. The van der Waals surface area contributed by atoms with Crippen molar-refractivity contribution in [3.8, 4) is 0 Å². The summed E-state index contributed by atoms with van der Waals surface area (Å²) in [6, 6.07) is 0. The van der Waals surface area contributed by atoms with Crippen molar-refractivity contribution in [2.24, 2.45) is 23.2 Å². The Hall–Kier alpha value is 0.609. The molecule has 0 nitrogen and oxygen atoms in total. The van der Waals surface area contributed by atoms with Gasteiger partial charge in [0, 0.05) is 0 Å². The molecular formula is C11H15SSe-. The molecule has 0 radical (unpaired) electrons. The van der Waals surface area contributed by atoms with Gasteiger partial charge in [-0.3, -0.25) is 0 Å². The van der Waals surface area contributed by atoms with Crippen molar-refractivity contribution in [1.82, 2.24) is 0 Å². The summed E-state index contributed by atoms with van der Waals surface area (Å²) in [6.45, 7) is 0. The van der Waals surface area contributed by atoms with Crippen LogP contribution in [-0.2, 0) is 0 Å². The van der Waals surface area contributed by atoms with Gasteiger partial charge in [-0.05, 0) is 0 Å². The molecule has 4 rings (SSSR count). The first kappa shape index (κ1) is 8.88. The topological polar surface area (TPSA) is 0 Å². The fourth-order valence-corrected chi connectivity index (χ4v) is 5.14. The standard InChI is InChI=1S/C11H16SSe/c12-10(13)11-4-7-1-8(5-11)3-9(2-7)6-11/h7-9H,1-6H2,(H,12,13)/p-1. The molecule has 0 saturated heterocycles. The van der Waals surface area contributed by atoms with Crippen molar-refractivity contribution in [1.29, 1.82) is 0 Å². The van der Waals surface area contributed by atoms with E-state index in [1.807, 2.05) is 0 Å². The molecule has 0 heterocycles. The minimum atomic E-state index is 0.476. The van der Waals surface area contributed by atoms with Gasteiger partial charge in [-0.2, -0.15) is 0 Å². The maximum absolute atomic E-state index is 5.43. The van der Waals surface area contributed by atoms with Gasteiger partial charge >= 0.3 is 93.7 Å². The van der Waals surface area contributed by atoms with E-state index in [4.69, 9.17) is 12.2 Å². The Balaban J connectivity index is 1.95. The zero-order valence-electron chi connectivity index (χ0n) is 7.79. The molecule has 0 unspecified atom stereocenters. The summed E-state index contributed by atoms with van der Waals surface area (Å²) in [4.78, 5) is 0. The van der Waals surface area contributed by atoms with Gasteiger partial charge in [-0.25, -0.2) is 0 Å². The van der Waals surface area contributed by atoms with Crippen molar-refractivity contribution in [3.63, 3.8) is 0 Å². The molecule has 0 atom stereocenters. The van der Waals surface area contributed by atoms with Gasteiger partial charge in [0.15, 0.2) is 0 Å². The predicted octanol–water partition coefficient (Wildman–Crippen LogP) is 2.70. The molecule has 0 aromatic heterocycles. The Kier molecular flexibility index (Phi) is 1.92. The molecule has 72 valence electrons. The van der Waals surface area contributed by atoms with Crippen LogP contribution in [0.25, 0.3) is 0 Å². The van der Waals surface area contributed by atoms with Gasteiger partial charge in [-0.1, -0.05) is 0 Å². The SMILES string of the molecule is S=C([Se-])C12CC3CC(CC(C3)C1)C2. The zero-order chi connectivity index (χ0) is 9.05. The molecule has 0 aromatic carbocycles. The van der Waals surface area contributed by atoms with Crippen molar-refractivity contribution < 1.29 is 0 Å². The fourth-order valence-electron chi connectivity index (χ4n) is 4.36. The first-order valence-corrected chi connectivity index (χ1v) is 6.66. The summed E-state index contributed by atoms with van der Waals surface area (Å²) >= 11 is 8.56. The average Bonchev–Trinajstić information content (AvgIpc) is 2.00. The van der Waals surface area contributed by atoms with Gasteiger partial charge in [0.2, 0.25) is 0 Å². The van der Waals surface area contributed by atoms with E-state index >= 15 is 0 Å². The first-order chi connectivity index (χ1) is 6.18. The van der Waals surface area contributed by atoms with Crippen LogP contribution in [0.3, 0.4) is 0 Å². The van der Waals surface area contributed by atoms with Crippen LogP contribution in [0.4, 0.5) is 0 Å². The van der Waals surface area contributed by atoms with Crippen LogP contribution >= 0.6 is 12.2 Å². The van der Waals surface area contributed by atoms with E-state index in [9.17, 15) is 0 Å². The molecule has 13 heavy (non-hydrogen) atoms. The molecule has 2 heteroatoms. The van der Waals surface area contributed by atoms with Crippen LogP contribution in [-0.4, -0.2) is 19.8 Å². The van der Waals surface area contributed by atoms with Crippen LogP contribution in [0.15, 0.2) is 0 Å². The molecule has 0 amide bonds. The molecule has 4 fully saturated rings. The summed E-state index contributed by atoms with van der Waals surface area (Å²) in [6.07, 6.45) is 8.77. The predicted molar refractivity (Wildman–Crippen MR) is 59.0 cm³/mol. The van der Waals surface area contributed by atoms with Crippen molar-refractivity contribution in [2.75, 3.05) is 0 Å². The fraction of sp³-hybridized carbons (Fsp3) is 0.909. The van der Waals surface area contributed by atoms with Crippen molar-refractivity contribution >= 4 is 32.0 Å². The van der Waals surface area contributed by atoms with Gasteiger partial charge in [-0.15, -0.1) is 0 Å². The van der Waals surface area contributed by atoms with E-state index < -0.39 is 0 Å². The molecule has 4 aliphatic rings. The van der Waals surface area contributed by atoms with E-state index in [0.717, 1.165) is 17.8 Å². The molecule has 0 N–H and O–H groups in total. The quantitative estimate of drug-likeness (QED) is 0.515. The third kappa shape index (κ3) is 1.26. The Morgan fingerprint density at radius 1 is 1.00 bits per heavy atom. The normalized spacial score (nSPS) is 52.5. The zero-order valence-corrected chi connectivity index (χ0v) is 10.3. The van der Waals surface area contributed by atoms with Crippen LogP contribution in [0.5, 0.6) is 0 Å². The summed E-state index contributed by atoms with van der Waals surface area (Å²) in [5, 5.41) is 0. The Morgan fingerprint density at radius 3 is 1.69 bits per heavy atom.